The fourth-order valence-electron chi connectivity index (χ4n) is 2.95. The molecule has 0 aliphatic rings. The lowest BCUT2D eigenvalue weighted by Crippen LogP contribution is -2.47. The van der Waals surface area contributed by atoms with Gasteiger partial charge in [0.15, 0.2) is 0 Å². The van der Waals surface area contributed by atoms with Crippen molar-refractivity contribution in [2.24, 2.45) is 5.92 Å². The summed E-state index contributed by atoms with van der Waals surface area (Å²) in [6.45, 7) is 10.5. The van der Waals surface area contributed by atoms with E-state index in [0.29, 0.717) is 17.9 Å². The van der Waals surface area contributed by atoms with Crippen LogP contribution in [0.3, 0.4) is 0 Å². The van der Waals surface area contributed by atoms with Gasteiger partial charge in [-0.2, -0.15) is 0 Å². The molecule has 2 N–H and O–H groups in total. The Morgan fingerprint density at radius 3 is 2.18 bits per heavy atom. The molecule has 0 aliphatic heterocycles. The molecule has 2 aromatic carbocycles. The van der Waals surface area contributed by atoms with E-state index in [4.69, 9.17) is 4.74 Å². The molecule has 0 fully saturated rings. The summed E-state index contributed by atoms with van der Waals surface area (Å²) in [5.41, 5.74) is 2.34. The number of benzene rings is 2. The second-order valence-corrected chi connectivity index (χ2v) is 7.38. The molecule has 0 aromatic heterocycles. The molecule has 28 heavy (non-hydrogen) atoms. The summed E-state index contributed by atoms with van der Waals surface area (Å²) >= 11 is 0. The van der Waals surface area contributed by atoms with Gasteiger partial charge in [-0.25, -0.2) is 0 Å². The molecule has 5 nitrogen and oxygen atoms in total. The molecule has 0 heterocycles. The van der Waals surface area contributed by atoms with Crippen LogP contribution in [0.1, 0.15) is 56.5 Å². The molecule has 2 rings (SSSR count). The van der Waals surface area contributed by atoms with Crippen LogP contribution in [0, 0.1) is 5.92 Å². The van der Waals surface area contributed by atoms with Gasteiger partial charge in [-0.15, -0.1) is 0 Å². The van der Waals surface area contributed by atoms with Crippen molar-refractivity contribution in [3.05, 3.63) is 59.7 Å². The zero-order chi connectivity index (χ0) is 20.7. The number of anilines is 1. The average molecular weight is 383 g/mol. The van der Waals surface area contributed by atoms with E-state index in [2.05, 4.69) is 24.5 Å². The minimum atomic E-state index is -0.640. The number of hydrogen-bond donors (Lipinski definition) is 2. The van der Waals surface area contributed by atoms with Crippen LogP contribution in [-0.2, 0) is 4.79 Å². The summed E-state index contributed by atoms with van der Waals surface area (Å²) in [5.74, 6) is 0.434. The molecule has 2 aromatic rings. The molecule has 0 aliphatic carbocycles. The first-order valence-corrected chi connectivity index (χ1v) is 9.77. The van der Waals surface area contributed by atoms with E-state index >= 15 is 0 Å². The Morgan fingerprint density at radius 2 is 1.61 bits per heavy atom. The number of carbonyl (C=O) groups is 2. The van der Waals surface area contributed by atoms with Gasteiger partial charge in [-0.3, -0.25) is 9.59 Å². The molecule has 0 radical (unpaired) electrons. The zero-order valence-corrected chi connectivity index (χ0v) is 17.3. The highest BCUT2D eigenvalue weighted by molar-refractivity contribution is 6.01. The predicted octanol–water partition coefficient (Wildman–Crippen LogP) is 4.60. The lowest BCUT2D eigenvalue weighted by Gasteiger charge is -2.23. The highest BCUT2D eigenvalue weighted by Gasteiger charge is 2.25. The van der Waals surface area contributed by atoms with Gasteiger partial charge < -0.3 is 15.4 Å². The maximum Gasteiger partial charge on any atom is 0.251 e. The van der Waals surface area contributed by atoms with Crippen LogP contribution in [0.5, 0.6) is 5.75 Å². The van der Waals surface area contributed by atoms with E-state index in [0.717, 1.165) is 11.3 Å². The van der Waals surface area contributed by atoms with Crippen molar-refractivity contribution >= 4 is 17.5 Å². The Morgan fingerprint density at radius 1 is 0.964 bits per heavy atom. The van der Waals surface area contributed by atoms with Gasteiger partial charge in [0, 0.05) is 11.3 Å². The third-order valence-electron chi connectivity index (χ3n) is 4.50. The van der Waals surface area contributed by atoms with Gasteiger partial charge in [-0.1, -0.05) is 45.9 Å². The van der Waals surface area contributed by atoms with Crippen LogP contribution < -0.4 is 15.4 Å². The summed E-state index contributed by atoms with van der Waals surface area (Å²) in [5, 5.41) is 5.84. The average Bonchev–Trinajstić information content (AvgIpc) is 2.66. The minimum absolute atomic E-state index is 0.0575. The smallest absolute Gasteiger partial charge is 0.251 e. The lowest BCUT2D eigenvalue weighted by atomic mass is 9.99. The van der Waals surface area contributed by atoms with Crippen molar-refractivity contribution in [3.63, 3.8) is 0 Å². The Labute approximate surface area is 167 Å². The fraction of sp³-hybridized carbons (Fsp3) is 0.391. The van der Waals surface area contributed by atoms with Gasteiger partial charge in [0.05, 0.1) is 6.61 Å². The van der Waals surface area contributed by atoms with Crippen molar-refractivity contribution < 1.29 is 14.3 Å². The van der Waals surface area contributed by atoms with E-state index < -0.39 is 6.04 Å². The van der Waals surface area contributed by atoms with E-state index in [1.165, 1.54) is 0 Å². The molecule has 1 atom stereocenters. The first-order chi connectivity index (χ1) is 13.3. The maximum absolute atomic E-state index is 12.9. The standard InChI is InChI=1S/C23H30N2O3/c1-6-28-18-13-11-17(12-14-18)22(26)25-21(16(4)5)23(27)24-20-10-8-7-9-19(20)15(2)3/h7-16,21H,6H2,1-5H3,(H,24,27)(H,25,26)/t21-/m0/s1. The Balaban J connectivity index is 2.12. The molecule has 2 amide bonds. The molecule has 0 saturated carbocycles. The maximum atomic E-state index is 12.9. The number of para-hydroxylation sites is 1. The monoisotopic (exact) mass is 382 g/mol. The predicted molar refractivity (Wildman–Crippen MR) is 113 cm³/mol. The summed E-state index contributed by atoms with van der Waals surface area (Å²) < 4.78 is 5.40. The van der Waals surface area contributed by atoms with Gasteiger partial charge >= 0.3 is 0 Å². The van der Waals surface area contributed by atoms with Gasteiger partial charge in [-0.05, 0) is 54.7 Å². The van der Waals surface area contributed by atoms with Crippen LogP contribution in [0.2, 0.25) is 0 Å². The zero-order valence-electron chi connectivity index (χ0n) is 17.3. The molecule has 0 saturated heterocycles. The summed E-state index contributed by atoms with van der Waals surface area (Å²) in [4.78, 5) is 25.5. The Kier molecular flexibility index (Phi) is 7.61. The van der Waals surface area contributed by atoms with Gasteiger partial charge in [0.1, 0.15) is 11.8 Å². The summed E-state index contributed by atoms with van der Waals surface area (Å²) in [6.07, 6.45) is 0. The van der Waals surface area contributed by atoms with Crippen LogP contribution in [0.25, 0.3) is 0 Å². The molecule has 0 unspecified atom stereocenters. The molecule has 150 valence electrons. The normalized spacial score (nSPS) is 12.0. The Bertz CT molecular complexity index is 798. The minimum Gasteiger partial charge on any atom is -0.494 e. The van der Waals surface area contributed by atoms with Crippen LogP contribution in [0.15, 0.2) is 48.5 Å². The first kappa shape index (κ1) is 21.5. The van der Waals surface area contributed by atoms with Crippen molar-refractivity contribution in [1.82, 2.24) is 5.32 Å². The Hall–Kier alpha value is -2.82. The number of nitrogens with one attached hydrogen (secondary N) is 2. The largest absolute Gasteiger partial charge is 0.494 e. The van der Waals surface area contributed by atoms with Crippen LogP contribution in [0.4, 0.5) is 5.69 Å². The lowest BCUT2D eigenvalue weighted by molar-refractivity contribution is -0.118. The molecule has 0 bridgehead atoms. The van der Waals surface area contributed by atoms with Gasteiger partial charge in [0.25, 0.3) is 5.91 Å². The topological polar surface area (TPSA) is 67.4 Å². The highest BCUT2D eigenvalue weighted by atomic mass is 16.5. The number of carbonyl (C=O) groups excluding carboxylic acids is 2. The van der Waals surface area contributed by atoms with E-state index in [1.807, 2.05) is 45.0 Å². The van der Waals surface area contributed by atoms with E-state index in [-0.39, 0.29) is 23.7 Å². The fourth-order valence-corrected chi connectivity index (χ4v) is 2.95. The SMILES string of the molecule is CCOc1ccc(C(=O)N[C@H](C(=O)Nc2ccccc2C(C)C)C(C)C)cc1. The van der Waals surface area contributed by atoms with Crippen molar-refractivity contribution in [2.45, 2.75) is 46.6 Å². The first-order valence-electron chi connectivity index (χ1n) is 9.77. The number of rotatable bonds is 8. The van der Waals surface area contributed by atoms with Crippen LogP contribution >= 0.6 is 0 Å². The molecule has 0 spiro atoms. The van der Waals surface area contributed by atoms with Crippen molar-refractivity contribution in [2.75, 3.05) is 11.9 Å². The number of amides is 2. The third-order valence-corrected chi connectivity index (χ3v) is 4.50. The third kappa shape index (κ3) is 5.59. The van der Waals surface area contributed by atoms with Crippen LogP contribution in [-0.4, -0.2) is 24.5 Å². The quantitative estimate of drug-likeness (QED) is 0.701. The van der Waals surface area contributed by atoms with Gasteiger partial charge in [0.2, 0.25) is 5.91 Å². The second kappa shape index (κ2) is 9.93. The molecular formula is C23H30N2O3. The molecule has 5 heteroatoms. The second-order valence-electron chi connectivity index (χ2n) is 7.38. The number of ether oxygens (including phenoxy) is 1. The van der Waals surface area contributed by atoms with E-state index in [1.54, 1.807) is 24.3 Å². The van der Waals surface area contributed by atoms with E-state index in [9.17, 15) is 9.59 Å². The summed E-state index contributed by atoms with van der Waals surface area (Å²) in [7, 11) is 0. The molecular weight excluding hydrogens is 352 g/mol. The number of hydrogen-bond acceptors (Lipinski definition) is 3. The summed E-state index contributed by atoms with van der Waals surface area (Å²) in [6, 6.07) is 14.0. The van der Waals surface area contributed by atoms with Crippen molar-refractivity contribution in [3.8, 4) is 5.75 Å². The highest BCUT2D eigenvalue weighted by Crippen LogP contribution is 2.24. The van der Waals surface area contributed by atoms with Crippen molar-refractivity contribution in [1.29, 1.82) is 0 Å².